The van der Waals surface area contributed by atoms with Crippen molar-refractivity contribution in [2.24, 2.45) is 5.41 Å². The maximum absolute atomic E-state index is 11.9. The summed E-state index contributed by atoms with van der Waals surface area (Å²) in [6, 6.07) is 15.4. The minimum atomic E-state index is -0.394. The summed E-state index contributed by atoms with van der Waals surface area (Å²) >= 11 is 5.20. The molecule has 0 spiro atoms. The van der Waals surface area contributed by atoms with E-state index in [0.717, 1.165) is 22.8 Å². The van der Waals surface area contributed by atoms with E-state index in [-0.39, 0.29) is 5.91 Å². The van der Waals surface area contributed by atoms with Crippen molar-refractivity contribution < 1.29 is 9.53 Å². The quantitative estimate of drug-likeness (QED) is 0.427. The number of ether oxygens (including phenoxy) is 1. The highest BCUT2D eigenvalue weighted by molar-refractivity contribution is 7.71. The summed E-state index contributed by atoms with van der Waals surface area (Å²) in [7, 11) is 0. The molecule has 0 unspecified atom stereocenters. The van der Waals surface area contributed by atoms with E-state index in [9.17, 15) is 4.79 Å². The predicted molar refractivity (Wildman–Crippen MR) is 114 cm³/mol. The topological polar surface area (TPSA) is 87.2 Å². The lowest BCUT2D eigenvalue weighted by Gasteiger charge is -2.19. The highest BCUT2D eigenvalue weighted by Crippen LogP contribution is 2.28. The maximum Gasteiger partial charge on any atom is 0.246 e. The number of H-pyrrole nitrogens is 1. The fourth-order valence-corrected chi connectivity index (χ4v) is 3.26. The van der Waals surface area contributed by atoms with Crippen molar-refractivity contribution in [2.45, 2.75) is 13.8 Å². The Morgan fingerprint density at radius 2 is 2.00 bits per heavy atom. The molecule has 3 N–H and O–H groups in total. The Kier molecular flexibility index (Phi) is 4.98. The smallest absolute Gasteiger partial charge is 0.246 e. The molecule has 29 heavy (non-hydrogen) atoms. The number of benzene rings is 2. The molecular weight excluding hydrogens is 388 g/mol. The van der Waals surface area contributed by atoms with Gasteiger partial charge in [-0.3, -0.25) is 24.9 Å². The van der Waals surface area contributed by atoms with Gasteiger partial charge in [0.2, 0.25) is 5.91 Å². The zero-order valence-electron chi connectivity index (χ0n) is 16.2. The molecule has 2 aromatic carbocycles. The summed E-state index contributed by atoms with van der Waals surface area (Å²) in [5.74, 6) is 0.764. The molecule has 1 fully saturated rings. The lowest BCUT2D eigenvalue weighted by Crippen LogP contribution is -2.33. The molecule has 0 atom stereocenters. The number of hydrazine groups is 1. The summed E-state index contributed by atoms with van der Waals surface area (Å²) in [6.45, 7) is 4.81. The summed E-state index contributed by atoms with van der Waals surface area (Å²) < 4.78 is 8.11. The first-order valence-electron chi connectivity index (χ1n) is 9.20. The number of nitrogens with one attached hydrogen (secondary N) is 3. The van der Waals surface area contributed by atoms with Crippen LogP contribution in [0.4, 0.5) is 11.4 Å². The third-order valence-corrected chi connectivity index (χ3v) is 5.03. The minimum absolute atomic E-state index is 0.0287. The number of hydrogen-bond donors (Lipinski definition) is 3. The van der Waals surface area contributed by atoms with Gasteiger partial charge in [-0.2, -0.15) is 5.10 Å². The van der Waals surface area contributed by atoms with E-state index >= 15 is 0 Å². The van der Waals surface area contributed by atoms with E-state index in [1.54, 1.807) is 10.9 Å². The Morgan fingerprint density at radius 1 is 1.21 bits per heavy atom. The number of amides is 1. The van der Waals surface area contributed by atoms with Crippen molar-refractivity contribution in [3.63, 3.8) is 0 Å². The van der Waals surface area contributed by atoms with E-state index in [4.69, 9.17) is 17.0 Å². The zero-order valence-corrected chi connectivity index (χ0v) is 17.0. The predicted octanol–water partition coefficient (Wildman–Crippen LogP) is 3.26. The molecule has 0 radical (unpaired) electrons. The van der Waals surface area contributed by atoms with Crippen LogP contribution in [0.25, 0.3) is 5.69 Å². The van der Waals surface area contributed by atoms with Crippen LogP contribution in [0.15, 0.2) is 54.9 Å². The molecule has 3 aromatic rings. The first-order chi connectivity index (χ1) is 13.9. The molecule has 0 saturated carbocycles. The van der Waals surface area contributed by atoms with Gasteiger partial charge in [0, 0.05) is 5.69 Å². The Morgan fingerprint density at radius 3 is 2.66 bits per heavy atom. The Hall–Kier alpha value is -3.33. The van der Waals surface area contributed by atoms with Crippen molar-refractivity contribution in [1.82, 2.24) is 20.2 Å². The second kappa shape index (κ2) is 7.59. The first kappa shape index (κ1) is 19.0. The Bertz CT molecular complexity index is 1070. The van der Waals surface area contributed by atoms with E-state index in [2.05, 4.69) is 20.9 Å². The molecule has 9 heteroatoms. The second-order valence-corrected chi connectivity index (χ2v) is 7.84. The molecule has 0 bridgehead atoms. The first-order valence-corrected chi connectivity index (χ1v) is 9.61. The van der Waals surface area contributed by atoms with Gasteiger partial charge in [-0.15, -0.1) is 0 Å². The molecule has 1 saturated heterocycles. The fraction of sp³-hybridized carbons (Fsp3) is 0.250. The molecule has 0 aliphatic carbocycles. The van der Waals surface area contributed by atoms with Crippen LogP contribution in [-0.4, -0.2) is 33.9 Å². The molecule has 1 aromatic heterocycles. The molecule has 150 valence electrons. The third kappa shape index (κ3) is 4.09. The highest BCUT2D eigenvalue weighted by atomic mass is 32.1. The molecular formula is C20H22N6O2S. The number of carbonyl (C=O) groups excluding carboxylic acids is 1. The minimum Gasteiger partial charge on any atom is -0.473 e. The molecule has 1 amide bonds. The van der Waals surface area contributed by atoms with Gasteiger partial charge in [-0.25, -0.2) is 0 Å². The van der Waals surface area contributed by atoms with E-state index < -0.39 is 5.41 Å². The zero-order chi connectivity index (χ0) is 20.4. The molecule has 1 aliphatic heterocycles. The monoisotopic (exact) mass is 410 g/mol. The van der Waals surface area contributed by atoms with Crippen LogP contribution in [0.5, 0.6) is 5.75 Å². The average molecular weight is 411 g/mol. The van der Waals surface area contributed by atoms with Gasteiger partial charge >= 0.3 is 0 Å². The van der Waals surface area contributed by atoms with Crippen molar-refractivity contribution in [3.8, 4) is 11.4 Å². The van der Waals surface area contributed by atoms with Gasteiger partial charge in [0.1, 0.15) is 12.1 Å². The van der Waals surface area contributed by atoms with E-state index in [0.29, 0.717) is 18.0 Å². The SMILES string of the molecule is CC1(C)CN(c2ccc(OCNc3cccc(-n4cn[nH]c4=S)c3)cc2)NC1=O. The number of anilines is 2. The average Bonchev–Trinajstić information content (AvgIpc) is 3.25. The Balaban J connectivity index is 1.34. The van der Waals surface area contributed by atoms with Gasteiger partial charge in [0.05, 0.1) is 23.3 Å². The number of hydrogen-bond acceptors (Lipinski definition) is 6. The maximum atomic E-state index is 11.9. The molecule has 8 nitrogen and oxygen atoms in total. The summed E-state index contributed by atoms with van der Waals surface area (Å²) in [5, 5.41) is 11.8. The molecule has 2 heterocycles. The van der Waals surface area contributed by atoms with E-state index in [1.165, 1.54) is 0 Å². The number of nitrogens with zero attached hydrogens (tertiary/aromatic N) is 3. The largest absolute Gasteiger partial charge is 0.473 e. The van der Waals surface area contributed by atoms with Crippen LogP contribution in [0.3, 0.4) is 0 Å². The van der Waals surface area contributed by atoms with Gasteiger partial charge in [0.15, 0.2) is 11.5 Å². The lowest BCUT2D eigenvalue weighted by atomic mass is 9.94. The highest BCUT2D eigenvalue weighted by Gasteiger charge is 2.37. The van der Waals surface area contributed by atoms with E-state index in [1.807, 2.05) is 67.4 Å². The Labute approximate surface area is 173 Å². The number of aromatic nitrogens is 3. The standard InChI is InChI=1S/C20H22N6O2S/c1-20(2)11-26(24-18(20)27)15-6-8-17(9-7-15)28-13-21-14-4-3-5-16(10-14)25-12-22-23-19(25)29/h3-10,12,21H,11,13H2,1-2H3,(H,23,29)(H,24,27). The van der Waals surface area contributed by atoms with Crippen molar-refractivity contribution in [2.75, 3.05) is 23.6 Å². The number of rotatable bonds is 6. The van der Waals surface area contributed by atoms with Gasteiger partial charge < -0.3 is 10.1 Å². The van der Waals surface area contributed by atoms with Gasteiger partial charge in [0.25, 0.3) is 0 Å². The molecule has 1 aliphatic rings. The fourth-order valence-electron chi connectivity index (χ4n) is 3.06. The summed E-state index contributed by atoms with van der Waals surface area (Å²) in [4.78, 5) is 11.9. The number of carbonyl (C=O) groups is 1. The van der Waals surface area contributed by atoms with Crippen LogP contribution < -0.4 is 20.5 Å². The summed E-state index contributed by atoms with van der Waals surface area (Å²) in [6.07, 6.45) is 1.64. The van der Waals surface area contributed by atoms with Crippen molar-refractivity contribution >= 4 is 29.5 Å². The lowest BCUT2D eigenvalue weighted by molar-refractivity contribution is -0.125. The van der Waals surface area contributed by atoms with Crippen LogP contribution in [0, 0.1) is 10.2 Å². The van der Waals surface area contributed by atoms with Gasteiger partial charge in [-0.1, -0.05) is 6.07 Å². The normalized spacial score (nSPS) is 15.2. The summed E-state index contributed by atoms with van der Waals surface area (Å²) in [5.41, 5.74) is 5.24. The number of aromatic amines is 1. The van der Waals surface area contributed by atoms with Crippen LogP contribution >= 0.6 is 12.2 Å². The third-order valence-electron chi connectivity index (χ3n) is 4.74. The second-order valence-electron chi connectivity index (χ2n) is 7.45. The molecule has 4 rings (SSSR count). The van der Waals surface area contributed by atoms with Crippen molar-refractivity contribution in [1.29, 1.82) is 0 Å². The van der Waals surface area contributed by atoms with Crippen LogP contribution in [-0.2, 0) is 4.79 Å². The van der Waals surface area contributed by atoms with Crippen LogP contribution in [0.1, 0.15) is 13.8 Å². The van der Waals surface area contributed by atoms with Gasteiger partial charge in [-0.05, 0) is 68.5 Å². The van der Waals surface area contributed by atoms with Crippen LogP contribution in [0.2, 0.25) is 0 Å². The van der Waals surface area contributed by atoms with Crippen molar-refractivity contribution in [3.05, 3.63) is 59.6 Å².